The van der Waals surface area contributed by atoms with Crippen LogP contribution >= 0.6 is 0 Å². The lowest BCUT2D eigenvalue weighted by atomic mass is 9.44. The number of hydrogen-bond donors (Lipinski definition) is 3. The second-order valence-corrected chi connectivity index (χ2v) is 10.3. The highest BCUT2D eigenvalue weighted by atomic mass is 16.5. The molecule has 4 rings (SSSR count). The van der Waals surface area contributed by atoms with Crippen molar-refractivity contribution in [2.45, 2.75) is 89.3 Å². The minimum absolute atomic E-state index is 0.0537. The van der Waals surface area contributed by atoms with Crippen LogP contribution in [0.5, 0.6) is 0 Å². The zero-order valence-electron chi connectivity index (χ0n) is 17.2. The first-order valence-corrected chi connectivity index (χ1v) is 11.2. The van der Waals surface area contributed by atoms with Crippen LogP contribution in [0.2, 0.25) is 5.82 Å². The van der Waals surface area contributed by atoms with Crippen molar-refractivity contribution in [3.05, 3.63) is 0 Å². The van der Waals surface area contributed by atoms with Crippen molar-refractivity contribution in [1.82, 2.24) is 0 Å². The van der Waals surface area contributed by atoms with Gasteiger partial charge in [-0.1, -0.05) is 20.3 Å². The number of aliphatic hydroxyl groups excluding tert-OH is 3. The van der Waals surface area contributed by atoms with Crippen LogP contribution in [0, 0.1) is 34.5 Å². The fourth-order valence-electron chi connectivity index (χ4n) is 7.78. The molecule has 4 aliphatic carbocycles. The topological polar surface area (TPSA) is 87.0 Å². The van der Waals surface area contributed by atoms with Gasteiger partial charge in [-0.15, -0.1) is 0 Å². The molecule has 0 aromatic heterocycles. The molecule has 4 aliphatic rings. The average molecular weight is 390 g/mol. The second-order valence-electron chi connectivity index (χ2n) is 10.3. The average Bonchev–Trinajstić information content (AvgIpc) is 2.95. The molecule has 10 atom stereocenters. The Kier molecular flexibility index (Phi) is 5.38. The summed E-state index contributed by atoms with van der Waals surface area (Å²) in [6, 6.07) is 0. The van der Waals surface area contributed by atoms with E-state index in [4.69, 9.17) is 12.6 Å². The van der Waals surface area contributed by atoms with Crippen LogP contribution in [0.15, 0.2) is 0 Å². The summed E-state index contributed by atoms with van der Waals surface area (Å²) in [7, 11) is 6.45. The van der Waals surface area contributed by atoms with Crippen molar-refractivity contribution in [1.29, 1.82) is 0 Å². The van der Waals surface area contributed by atoms with Crippen molar-refractivity contribution >= 4 is 13.8 Å². The lowest BCUT2D eigenvalue weighted by Crippen LogP contribution is -2.60. The van der Waals surface area contributed by atoms with Gasteiger partial charge < -0.3 is 20.1 Å². The number of rotatable bonds is 3. The minimum Gasteiger partial charge on any atom is -0.462 e. The van der Waals surface area contributed by atoms with Gasteiger partial charge in [0.15, 0.2) is 0 Å². The van der Waals surface area contributed by atoms with Gasteiger partial charge in [-0.25, -0.2) is 0 Å². The third kappa shape index (κ3) is 2.89. The Hall–Kier alpha value is -0.585. The Morgan fingerprint density at radius 1 is 1.14 bits per heavy atom. The monoisotopic (exact) mass is 390 g/mol. The van der Waals surface area contributed by atoms with Crippen molar-refractivity contribution in [2.24, 2.45) is 34.5 Å². The van der Waals surface area contributed by atoms with E-state index in [1.165, 1.54) is 0 Å². The quantitative estimate of drug-likeness (QED) is 0.508. The molecule has 4 fully saturated rings. The molecule has 3 N–H and O–H groups in total. The van der Waals surface area contributed by atoms with Gasteiger partial charge in [0, 0.05) is 11.8 Å². The minimum atomic E-state index is -0.538. The molecule has 0 spiro atoms. The van der Waals surface area contributed by atoms with Gasteiger partial charge in [0.2, 0.25) is 0 Å². The van der Waals surface area contributed by atoms with E-state index in [0.29, 0.717) is 31.1 Å². The maximum absolute atomic E-state index is 12.0. The van der Waals surface area contributed by atoms with Gasteiger partial charge in [0.05, 0.1) is 26.7 Å². The van der Waals surface area contributed by atoms with Crippen LogP contribution < -0.4 is 0 Å². The third-order valence-electron chi connectivity index (χ3n) is 9.23. The predicted molar refractivity (Wildman–Crippen MR) is 106 cm³/mol. The van der Waals surface area contributed by atoms with E-state index in [1.54, 1.807) is 6.92 Å². The van der Waals surface area contributed by atoms with Gasteiger partial charge in [-0.05, 0) is 73.4 Å². The first-order valence-electron chi connectivity index (χ1n) is 11.2. The summed E-state index contributed by atoms with van der Waals surface area (Å²) in [4.78, 5) is 12.0. The van der Waals surface area contributed by atoms with Gasteiger partial charge in [0.1, 0.15) is 6.10 Å². The number of hydrogen-bond acceptors (Lipinski definition) is 5. The summed E-state index contributed by atoms with van der Waals surface area (Å²) in [5.41, 5.74) is -0.420. The van der Waals surface area contributed by atoms with Crippen LogP contribution in [-0.2, 0) is 9.53 Å². The Labute approximate surface area is 169 Å². The Morgan fingerprint density at radius 2 is 1.89 bits per heavy atom. The van der Waals surface area contributed by atoms with E-state index in [9.17, 15) is 20.1 Å². The van der Waals surface area contributed by atoms with Gasteiger partial charge in [-0.3, -0.25) is 4.79 Å². The number of aliphatic hydroxyl groups is 3. The summed E-state index contributed by atoms with van der Waals surface area (Å²) in [6.45, 7) is 4.07. The molecular weight excluding hydrogens is 355 g/mol. The summed E-state index contributed by atoms with van der Waals surface area (Å²) in [6.07, 6.45) is 4.82. The first-order chi connectivity index (χ1) is 13.3. The molecule has 0 saturated heterocycles. The van der Waals surface area contributed by atoms with Crippen molar-refractivity contribution < 1.29 is 24.9 Å². The van der Waals surface area contributed by atoms with Crippen LogP contribution in [0.1, 0.15) is 65.2 Å². The molecule has 0 heterocycles. The standard InChI is InChI=1S/C22H35BO5/c1-3-18(27)28-20-16(23)10-15-19-14(5-7-22(15,20)11-24)21(2)6-4-13(25)8-12(21)9-17(19)26/h12-17,19-20,24-26H,3-11H2,1-2H3/t12?,13-,14?,15?,16+,17-,19?,20-,21-,22+/m0/s1. The molecule has 0 aliphatic heterocycles. The zero-order chi connectivity index (χ0) is 20.3. The van der Waals surface area contributed by atoms with Gasteiger partial charge >= 0.3 is 5.97 Å². The molecular formula is C22H35BO5. The van der Waals surface area contributed by atoms with Crippen molar-refractivity contribution in [2.75, 3.05) is 6.61 Å². The molecule has 2 radical (unpaired) electrons. The van der Waals surface area contributed by atoms with Crippen LogP contribution in [-0.4, -0.2) is 54.1 Å². The molecule has 156 valence electrons. The van der Waals surface area contributed by atoms with Crippen LogP contribution in [0.25, 0.3) is 0 Å². The molecule has 6 heteroatoms. The maximum atomic E-state index is 12.0. The van der Waals surface area contributed by atoms with E-state index in [0.717, 1.165) is 32.1 Å². The Morgan fingerprint density at radius 3 is 2.57 bits per heavy atom. The second kappa shape index (κ2) is 7.28. The van der Waals surface area contributed by atoms with Crippen LogP contribution in [0.3, 0.4) is 0 Å². The molecule has 28 heavy (non-hydrogen) atoms. The van der Waals surface area contributed by atoms with E-state index in [1.807, 2.05) is 0 Å². The number of carbonyl (C=O) groups excluding carboxylic acids is 1. The Bertz CT molecular complexity index is 614. The highest BCUT2D eigenvalue weighted by molar-refractivity contribution is 6.12. The number of ether oxygens (including phenoxy) is 1. The predicted octanol–water partition coefficient (Wildman–Crippen LogP) is 2.22. The molecule has 4 unspecified atom stereocenters. The molecule has 5 nitrogen and oxygen atoms in total. The summed E-state index contributed by atoms with van der Waals surface area (Å²) in [5.74, 6) is 0.296. The van der Waals surface area contributed by atoms with E-state index >= 15 is 0 Å². The summed E-state index contributed by atoms with van der Waals surface area (Å²) >= 11 is 0. The van der Waals surface area contributed by atoms with E-state index in [-0.39, 0.29) is 41.7 Å². The van der Waals surface area contributed by atoms with Crippen molar-refractivity contribution in [3.8, 4) is 0 Å². The summed E-state index contributed by atoms with van der Waals surface area (Å²) < 4.78 is 5.76. The first kappa shape index (κ1) is 20.7. The summed E-state index contributed by atoms with van der Waals surface area (Å²) in [5, 5.41) is 31.8. The molecule has 4 saturated carbocycles. The number of carbonyl (C=O) groups is 1. The highest BCUT2D eigenvalue weighted by Crippen LogP contribution is 2.67. The Balaban J connectivity index is 1.66. The van der Waals surface area contributed by atoms with Crippen LogP contribution in [0.4, 0.5) is 0 Å². The normalized spacial score (nSPS) is 53.0. The molecule has 0 bridgehead atoms. The number of esters is 1. The fraction of sp³-hybridized carbons (Fsp3) is 0.955. The maximum Gasteiger partial charge on any atom is 0.305 e. The largest absolute Gasteiger partial charge is 0.462 e. The third-order valence-corrected chi connectivity index (χ3v) is 9.23. The SMILES string of the molecule is [B][C@@H]1CC2C3C(CC[C@]2(CO)[C@H]1OC(=O)CC)[C@@]1(C)CC[C@H](O)CC1C[C@@H]3O. The molecule has 0 aromatic carbocycles. The van der Waals surface area contributed by atoms with Gasteiger partial charge in [0.25, 0.3) is 0 Å². The van der Waals surface area contributed by atoms with E-state index < -0.39 is 17.6 Å². The fourth-order valence-corrected chi connectivity index (χ4v) is 7.78. The lowest BCUT2D eigenvalue weighted by Gasteiger charge is -2.62. The van der Waals surface area contributed by atoms with Crippen molar-refractivity contribution in [3.63, 3.8) is 0 Å². The van der Waals surface area contributed by atoms with Gasteiger partial charge in [-0.2, -0.15) is 0 Å². The van der Waals surface area contributed by atoms with E-state index in [2.05, 4.69) is 6.92 Å². The lowest BCUT2D eigenvalue weighted by molar-refractivity contribution is -0.194. The molecule has 0 amide bonds. The zero-order valence-corrected chi connectivity index (χ0v) is 17.2. The highest BCUT2D eigenvalue weighted by Gasteiger charge is 2.65. The molecule has 0 aromatic rings. The number of fused-ring (bicyclic) bond motifs is 5. The smallest absolute Gasteiger partial charge is 0.305 e.